The zero-order chi connectivity index (χ0) is 15.5. The van der Waals surface area contributed by atoms with Crippen molar-refractivity contribution in [2.75, 3.05) is 0 Å². The van der Waals surface area contributed by atoms with Crippen molar-refractivity contribution < 1.29 is 18.3 Å². The molecule has 0 saturated carbocycles. The predicted octanol–water partition coefficient (Wildman–Crippen LogP) is 2.54. The van der Waals surface area contributed by atoms with Crippen molar-refractivity contribution in [3.63, 3.8) is 0 Å². The van der Waals surface area contributed by atoms with E-state index in [1.807, 2.05) is 6.92 Å². The first kappa shape index (κ1) is 17.1. The fourth-order valence-corrected chi connectivity index (χ4v) is 3.82. The summed E-state index contributed by atoms with van der Waals surface area (Å²) in [7, 11) is -3.87. The smallest absolute Gasteiger partial charge is 0.322 e. The molecule has 1 aromatic rings. The normalized spacial score (nSPS) is 14.8. The van der Waals surface area contributed by atoms with Crippen LogP contribution >= 0.6 is 15.9 Å². The SMILES string of the molecule is CCC(C)C(NS(=O)(=O)c1cc(Br)ccc1C)C(=O)O. The summed E-state index contributed by atoms with van der Waals surface area (Å²) in [4.78, 5) is 11.3. The molecular formula is C13H18BrNO4S. The van der Waals surface area contributed by atoms with Crippen molar-refractivity contribution in [2.24, 2.45) is 5.92 Å². The average molecular weight is 364 g/mol. The topological polar surface area (TPSA) is 83.5 Å². The van der Waals surface area contributed by atoms with Crippen molar-refractivity contribution in [2.45, 2.75) is 38.1 Å². The minimum atomic E-state index is -3.87. The Morgan fingerprint density at radius 3 is 2.55 bits per heavy atom. The highest BCUT2D eigenvalue weighted by Crippen LogP contribution is 2.21. The van der Waals surface area contributed by atoms with E-state index in [0.717, 1.165) is 0 Å². The van der Waals surface area contributed by atoms with Gasteiger partial charge in [-0.25, -0.2) is 8.42 Å². The van der Waals surface area contributed by atoms with Crippen LogP contribution in [0.2, 0.25) is 0 Å². The van der Waals surface area contributed by atoms with Gasteiger partial charge in [0.15, 0.2) is 0 Å². The number of aliphatic carboxylic acids is 1. The van der Waals surface area contributed by atoms with Crippen LogP contribution in [0, 0.1) is 12.8 Å². The third-order valence-electron chi connectivity index (χ3n) is 3.20. The summed E-state index contributed by atoms with van der Waals surface area (Å²) in [6.07, 6.45) is 0.566. The second-order valence-electron chi connectivity index (χ2n) is 4.73. The Morgan fingerprint density at radius 2 is 2.05 bits per heavy atom. The molecule has 5 nitrogen and oxygen atoms in total. The highest BCUT2D eigenvalue weighted by Gasteiger charge is 2.30. The van der Waals surface area contributed by atoms with E-state index >= 15 is 0 Å². The third-order valence-corrected chi connectivity index (χ3v) is 5.28. The van der Waals surface area contributed by atoms with E-state index in [9.17, 15) is 18.3 Å². The molecule has 0 aliphatic heterocycles. The van der Waals surface area contributed by atoms with Crippen LogP contribution in [-0.4, -0.2) is 25.5 Å². The first-order chi connectivity index (χ1) is 9.19. The van der Waals surface area contributed by atoms with Crippen LogP contribution in [0.25, 0.3) is 0 Å². The number of carbonyl (C=O) groups is 1. The Labute approximate surface area is 127 Å². The molecule has 0 aromatic heterocycles. The van der Waals surface area contributed by atoms with Crippen LogP contribution < -0.4 is 4.72 Å². The zero-order valence-electron chi connectivity index (χ0n) is 11.6. The highest BCUT2D eigenvalue weighted by atomic mass is 79.9. The summed E-state index contributed by atoms with van der Waals surface area (Å²) in [6, 6.07) is 3.73. The number of sulfonamides is 1. The molecule has 0 fully saturated rings. The van der Waals surface area contributed by atoms with Gasteiger partial charge in [0, 0.05) is 4.47 Å². The first-order valence-electron chi connectivity index (χ1n) is 6.20. The molecule has 0 spiro atoms. The first-order valence-corrected chi connectivity index (χ1v) is 8.48. The van der Waals surface area contributed by atoms with Gasteiger partial charge in [0.2, 0.25) is 10.0 Å². The van der Waals surface area contributed by atoms with Crippen LogP contribution in [0.5, 0.6) is 0 Å². The van der Waals surface area contributed by atoms with Crippen LogP contribution in [0.15, 0.2) is 27.6 Å². The number of carboxylic acids is 1. The largest absolute Gasteiger partial charge is 0.480 e. The monoisotopic (exact) mass is 363 g/mol. The van der Waals surface area contributed by atoms with E-state index < -0.39 is 22.0 Å². The Balaban J connectivity index is 3.16. The molecule has 2 N–H and O–H groups in total. The molecule has 0 saturated heterocycles. The van der Waals surface area contributed by atoms with Gasteiger partial charge in [-0.1, -0.05) is 42.3 Å². The maximum atomic E-state index is 12.3. The summed E-state index contributed by atoms with van der Waals surface area (Å²) in [6.45, 7) is 5.19. The molecule has 7 heteroatoms. The molecule has 0 bridgehead atoms. The molecule has 0 aliphatic carbocycles. The second-order valence-corrected chi connectivity index (χ2v) is 7.33. The summed E-state index contributed by atoms with van der Waals surface area (Å²) in [5, 5.41) is 9.17. The van der Waals surface area contributed by atoms with E-state index in [4.69, 9.17) is 0 Å². The van der Waals surface area contributed by atoms with Gasteiger partial charge in [-0.15, -0.1) is 0 Å². The van der Waals surface area contributed by atoms with Gasteiger partial charge in [0.25, 0.3) is 0 Å². The van der Waals surface area contributed by atoms with Gasteiger partial charge in [0.1, 0.15) is 6.04 Å². The number of benzene rings is 1. The molecule has 0 amide bonds. The molecular weight excluding hydrogens is 346 g/mol. The van der Waals surface area contributed by atoms with Gasteiger partial charge in [0.05, 0.1) is 4.90 Å². The van der Waals surface area contributed by atoms with Gasteiger partial charge in [-0.3, -0.25) is 4.79 Å². The molecule has 0 aliphatic rings. The molecule has 1 rings (SSSR count). The van der Waals surface area contributed by atoms with Crippen molar-refractivity contribution >= 4 is 31.9 Å². The Hall–Kier alpha value is -0.920. The van der Waals surface area contributed by atoms with Crippen LogP contribution in [0.1, 0.15) is 25.8 Å². The van der Waals surface area contributed by atoms with Gasteiger partial charge >= 0.3 is 5.97 Å². The third kappa shape index (κ3) is 4.04. The van der Waals surface area contributed by atoms with Crippen molar-refractivity contribution in [1.82, 2.24) is 4.72 Å². The lowest BCUT2D eigenvalue weighted by Crippen LogP contribution is -2.45. The lowest BCUT2D eigenvalue weighted by Gasteiger charge is -2.20. The Bertz CT molecular complexity index is 600. The van der Waals surface area contributed by atoms with Crippen molar-refractivity contribution in [1.29, 1.82) is 0 Å². The van der Waals surface area contributed by atoms with E-state index in [2.05, 4.69) is 20.7 Å². The number of carboxylic acid groups (broad SMARTS) is 1. The Morgan fingerprint density at radius 1 is 1.45 bits per heavy atom. The van der Waals surface area contributed by atoms with Gasteiger partial charge in [-0.2, -0.15) is 4.72 Å². The van der Waals surface area contributed by atoms with Gasteiger partial charge < -0.3 is 5.11 Å². The lowest BCUT2D eigenvalue weighted by molar-refractivity contribution is -0.140. The molecule has 1 aromatic carbocycles. The van der Waals surface area contributed by atoms with Crippen LogP contribution in [0.4, 0.5) is 0 Å². The minimum absolute atomic E-state index is 0.0847. The lowest BCUT2D eigenvalue weighted by atomic mass is 10.0. The summed E-state index contributed by atoms with van der Waals surface area (Å²) in [5.74, 6) is -1.47. The molecule has 0 radical (unpaired) electrons. The van der Waals surface area contributed by atoms with E-state index in [1.165, 1.54) is 6.07 Å². The number of rotatable bonds is 6. The zero-order valence-corrected chi connectivity index (χ0v) is 14.0. The molecule has 20 heavy (non-hydrogen) atoms. The van der Waals surface area contributed by atoms with E-state index in [0.29, 0.717) is 16.5 Å². The van der Waals surface area contributed by atoms with E-state index in [-0.39, 0.29) is 10.8 Å². The number of halogens is 1. The summed E-state index contributed by atoms with van der Waals surface area (Å²) >= 11 is 3.22. The molecule has 0 heterocycles. The number of nitrogens with one attached hydrogen (secondary N) is 1. The second kappa shape index (κ2) is 6.69. The quantitative estimate of drug-likeness (QED) is 0.813. The Kier molecular flexibility index (Phi) is 5.73. The van der Waals surface area contributed by atoms with Crippen LogP contribution in [-0.2, 0) is 14.8 Å². The summed E-state index contributed by atoms with van der Waals surface area (Å²) < 4.78 is 27.6. The van der Waals surface area contributed by atoms with E-state index in [1.54, 1.807) is 26.0 Å². The standard InChI is InChI=1S/C13H18BrNO4S/c1-4-8(2)12(13(16)17)15-20(18,19)11-7-10(14)6-5-9(11)3/h5-8,12,15H,4H2,1-3H3,(H,16,17). The number of hydrogen-bond acceptors (Lipinski definition) is 3. The fraction of sp³-hybridized carbons (Fsp3) is 0.462. The maximum absolute atomic E-state index is 12.3. The maximum Gasteiger partial charge on any atom is 0.322 e. The highest BCUT2D eigenvalue weighted by molar-refractivity contribution is 9.10. The number of hydrogen-bond donors (Lipinski definition) is 2. The number of aryl methyl sites for hydroxylation is 1. The minimum Gasteiger partial charge on any atom is -0.480 e. The predicted molar refractivity (Wildman–Crippen MR) is 80.1 cm³/mol. The van der Waals surface area contributed by atoms with Crippen molar-refractivity contribution in [3.05, 3.63) is 28.2 Å². The van der Waals surface area contributed by atoms with Crippen molar-refractivity contribution in [3.8, 4) is 0 Å². The van der Waals surface area contributed by atoms with Crippen LogP contribution in [0.3, 0.4) is 0 Å². The summed E-state index contributed by atoms with van der Waals surface area (Å²) in [5.41, 5.74) is 0.564. The molecule has 2 unspecified atom stereocenters. The average Bonchev–Trinajstić information content (AvgIpc) is 2.37. The van der Waals surface area contributed by atoms with Gasteiger partial charge in [-0.05, 0) is 30.5 Å². The molecule has 112 valence electrons. The fourth-order valence-electron chi connectivity index (χ4n) is 1.74. The molecule has 2 atom stereocenters.